The molecular weight excluding hydrogens is 512 g/mol. The van der Waals surface area contributed by atoms with E-state index < -0.39 is 29.2 Å². The van der Waals surface area contributed by atoms with E-state index in [0.717, 1.165) is 18.2 Å². The van der Waals surface area contributed by atoms with Crippen LogP contribution < -0.4 is 30.3 Å². The number of hydrogen-bond donors (Lipinski definition) is 3. The van der Waals surface area contributed by atoms with Gasteiger partial charge in [0.15, 0.2) is 23.1 Å². The average Bonchev–Trinajstić information content (AvgIpc) is 2.93. The molecule has 12 heteroatoms. The van der Waals surface area contributed by atoms with Crippen LogP contribution in [0.2, 0.25) is 0 Å². The molecule has 4 aromatic rings. The molecule has 0 aliphatic carbocycles. The fraction of sp³-hybridized carbons (Fsp3) is 0.111. The van der Waals surface area contributed by atoms with Crippen LogP contribution in [-0.2, 0) is 9.59 Å². The van der Waals surface area contributed by atoms with Crippen LogP contribution in [0.1, 0.15) is 0 Å². The summed E-state index contributed by atoms with van der Waals surface area (Å²) in [5.74, 6) is -1.89. The Hall–Kier alpha value is -5.26. The van der Waals surface area contributed by atoms with Crippen molar-refractivity contribution in [1.29, 1.82) is 0 Å². The Bertz CT molecular complexity index is 1560. The number of halogens is 2. The molecule has 4 rings (SSSR count). The summed E-state index contributed by atoms with van der Waals surface area (Å²) in [6.45, 7) is 0. The first kappa shape index (κ1) is 26.8. The molecule has 1 aromatic heterocycles. The highest BCUT2D eigenvalue weighted by Gasteiger charge is 2.22. The highest BCUT2D eigenvalue weighted by Crippen LogP contribution is 2.37. The van der Waals surface area contributed by atoms with Crippen LogP contribution in [0.4, 0.5) is 20.2 Å². The van der Waals surface area contributed by atoms with Gasteiger partial charge in [-0.05, 0) is 48.5 Å². The van der Waals surface area contributed by atoms with Gasteiger partial charge >= 0.3 is 0 Å². The van der Waals surface area contributed by atoms with Crippen LogP contribution in [0.3, 0.4) is 0 Å². The average molecular weight is 536 g/mol. The number of nitrogens with one attached hydrogen (secondary N) is 3. The smallest absolute Gasteiger partial charge is 0.281 e. The molecule has 0 saturated carbocycles. The lowest BCUT2D eigenvalue weighted by atomic mass is 10.1. The molecule has 0 radical (unpaired) electrons. The largest absolute Gasteiger partial charge is 0.493 e. The number of hydrazone groups is 1. The Morgan fingerprint density at radius 2 is 1.44 bits per heavy atom. The quantitative estimate of drug-likeness (QED) is 0.164. The standard InChI is InChI=1S/C27H23F2N5O5/c1-30-34-25(26(35)32-16-6-4-15(28)5-7-16)27(36)33-17-8-9-22(19(29)12-17)39-21-10-11-31-20-14-24(38-3)23(37-2)13-18(20)21/h4-14,30H,1-3H3,(H,32,35)(H,33,36)/b34-25+. The Kier molecular flexibility index (Phi) is 8.15. The van der Waals surface area contributed by atoms with Crippen molar-refractivity contribution in [3.8, 4) is 23.0 Å². The van der Waals surface area contributed by atoms with Gasteiger partial charge in [-0.3, -0.25) is 14.6 Å². The summed E-state index contributed by atoms with van der Waals surface area (Å²) in [6.07, 6.45) is 1.51. The molecular formula is C27H23F2N5O5. The predicted octanol–water partition coefficient (Wildman–Crippen LogP) is 4.48. The number of nitrogens with zero attached hydrogens (tertiary/aromatic N) is 2. The first-order valence-corrected chi connectivity index (χ1v) is 11.4. The van der Waals surface area contributed by atoms with Gasteiger partial charge in [0.05, 0.1) is 19.7 Å². The van der Waals surface area contributed by atoms with Crippen molar-refractivity contribution in [3.63, 3.8) is 0 Å². The number of methoxy groups -OCH3 is 2. The van der Waals surface area contributed by atoms with Gasteiger partial charge in [0.1, 0.15) is 11.6 Å². The maximum atomic E-state index is 15.0. The number of hydrogen-bond acceptors (Lipinski definition) is 8. The van der Waals surface area contributed by atoms with Gasteiger partial charge < -0.3 is 30.3 Å². The van der Waals surface area contributed by atoms with E-state index in [0.29, 0.717) is 28.2 Å². The van der Waals surface area contributed by atoms with Crippen LogP contribution in [0.5, 0.6) is 23.0 Å². The molecule has 39 heavy (non-hydrogen) atoms. The van der Waals surface area contributed by atoms with Crippen molar-refractivity contribution in [1.82, 2.24) is 10.4 Å². The summed E-state index contributed by atoms with van der Waals surface area (Å²) in [4.78, 5) is 29.6. The summed E-state index contributed by atoms with van der Waals surface area (Å²) in [5.41, 5.74) is 2.70. The fourth-order valence-electron chi connectivity index (χ4n) is 3.55. The van der Waals surface area contributed by atoms with Gasteiger partial charge in [0, 0.05) is 42.1 Å². The topological polar surface area (TPSA) is 123 Å². The van der Waals surface area contributed by atoms with Crippen molar-refractivity contribution >= 4 is 39.8 Å². The molecule has 0 fully saturated rings. The van der Waals surface area contributed by atoms with Crippen molar-refractivity contribution in [2.75, 3.05) is 31.9 Å². The maximum Gasteiger partial charge on any atom is 0.281 e. The van der Waals surface area contributed by atoms with E-state index in [2.05, 4.69) is 26.1 Å². The number of amides is 2. The molecule has 1 heterocycles. The zero-order chi connectivity index (χ0) is 27.9. The minimum atomic E-state index is -0.904. The molecule has 2 amide bonds. The Morgan fingerprint density at radius 1 is 0.795 bits per heavy atom. The maximum absolute atomic E-state index is 15.0. The lowest BCUT2D eigenvalue weighted by molar-refractivity contribution is -0.114. The second-order valence-corrected chi connectivity index (χ2v) is 7.88. The third-order valence-electron chi connectivity index (χ3n) is 5.37. The minimum Gasteiger partial charge on any atom is -0.493 e. The number of pyridine rings is 1. The summed E-state index contributed by atoms with van der Waals surface area (Å²) in [5, 5.41) is 9.14. The highest BCUT2D eigenvalue weighted by molar-refractivity contribution is 6.69. The van der Waals surface area contributed by atoms with E-state index in [9.17, 15) is 18.4 Å². The van der Waals surface area contributed by atoms with Gasteiger partial charge in [-0.1, -0.05) is 0 Å². The molecule has 200 valence electrons. The van der Waals surface area contributed by atoms with Crippen LogP contribution in [0.15, 0.2) is 72.0 Å². The number of rotatable bonds is 9. The van der Waals surface area contributed by atoms with Crippen molar-refractivity contribution < 1.29 is 32.6 Å². The molecule has 3 N–H and O–H groups in total. The predicted molar refractivity (Wildman–Crippen MR) is 141 cm³/mol. The van der Waals surface area contributed by atoms with E-state index in [-0.39, 0.29) is 17.1 Å². The second kappa shape index (κ2) is 11.9. The molecule has 0 atom stereocenters. The fourth-order valence-corrected chi connectivity index (χ4v) is 3.55. The van der Waals surface area contributed by atoms with E-state index in [1.807, 2.05) is 0 Å². The van der Waals surface area contributed by atoms with Gasteiger partial charge in [-0.2, -0.15) is 5.10 Å². The molecule has 0 spiro atoms. The lowest BCUT2D eigenvalue weighted by Crippen LogP contribution is -2.35. The molecule has 0 saturated heterocycles. The molecule has 0 bridgehead atoms. The second-order valence-electron chi connectivity index (χ2n) is 7.88. The van der Waals surface area contributed by atoms with E-state index >= 15 is 0 Å². The summed E-state index contributed by atoms with van der Waals surface area (Å²) in [6, 6.07) is 13.6. The number of aromatic nitrogens is 1. The third kappa shape index (κ3) is 6.18. The Labute approximate surface area is 221 Å². The van der Waals surface area contributed by atoms with Gasteiger partial charge in [0.2, 0.25) is 5.71 Å². The number of benzene rings is 3. The zero-order valence-corrected chi connectivity index (χ0v) is 21.0. The van der Waals surface area contributed by atoms with Crippen LogP contribution in [0, 0.1) is 11.6 Å². The first-order valence-electron chi connectivity index (χ1n) is 11.4. The van der Waals surface area contributed by atoms with E-state index in [1.54, 1.807) is 18.2 Å². The van der Waals surface area contributed by atoms with Crippen LogP contribution in [0.25, 0.3) is 10.9 Å². The zero-order valence-electron chi connectivity index (χ0n) is 21.0. The summed E-state index contributed by atoms with van der Waals surface area (Å²) in [7, 11) is 4.40. The van der Waals surface area contributed by atoms with E-state index in [1.165, 1.54) is 51.7 Å². The number of anilines is 2. The molecule has 0 aliphatic rings. The number of carbonyl (C=O) groups excluding carboxylic acids is 2. The third-order valence-corrected chi connectivity index (χ3v) is 5.37. The molecule has 3 aromatic carbocycles. The van der Waals surface area contributed by atoms with Gasteiger partial charge in [-0.25, -0.2) is 8.78 Å². The molecule has 0 aliphatic heterocycles. The lowest BCUT2D eigenvalue weighted by Gasteiger charge is -2.13. The van der Waals surface area contributed by atoms with Crippen molar-refractivity contribution in [3.05, 3.63) is 78.5 Å². The van der Waals surface area contributed by atoms with Gasteiger partial charge in [-0.15, -0.1) is 0 Å². The minimum absolute atomic E-state index is 0.0502. The SMILES string of the molecule is CN/N=C(\C(=O)Nc1ccc(F)cc1)C(=O)Nc1ccc(Oc2ccnc3cc(OC)c(OC)cc23)c(F)c1. The van der Waals surface area contributed by atoms with Crippen LogP contribution >= 0.6 is 0 Å². The molecule has 10 nitrogen and oxygen atoms in total. The summed E-state index contributed by atoms with van der Waals surface area (Å²) < 4.78 is 44.6. The van der Waals surface area contributed by atoms with Crippen LogP contribution in [-0.4, -0.2) is 43.8 Å². The normalized spacial score (nSPS) is 11.1. The Balaban J connectivity index is 1.51. The summed E-state index contributed by atoms with van der Waals surface area (Å²) >= 11 is 0. The number of carbonyl (C=O) groups is 2. The monoisotopic (exact) mass is 535 g/mol. The van der Waals surface area contributed by atoms with Gasteiger partial charge in [0.25, 0.3) is 11.8 Å². The number of fused-ring (bicyclic) bond motifs is 1. The molecule has 0 unspecified atom stereocenters. The van der Waals surface area contributed by atoms with E-state index in [4.69, 9.17) is 14.2 Å². The Morgan fingerprint density at radius 3 is 2.08 bits per heavy atom. The first-order chi connectivity index (χ1) is 18.8. The van der Waals surface area contributed by atoms with Crippen molar-refractivity contribution in [2.24, 2.45) is 5.10 Å². The highest BCUT2D eigenvalue weighted by atomic mass is 19.1. The van der Waals surface area contributed by atoms with Crippen molar-refractivity contribution in [2.45, 2.75) is 0 Å². The number of ether oxygens (including phenoxy) is 3.